The molecule has 0 spiro atoms. The number of fused-ring (bicyclic) bond motifs is 1. The highest BCUT2D eigenvalue weighted by atomic mass is 32.2. The summed E-state index contributed by atoms with van der Waals surface area (Å²) in [7, 11) is 2.01. The van der Waals surface area contributed by atoms with E-state index in [4.69, 9.17) is 0 Å². The number of aryl methyl sites for hydroxylation is 1. The van der Waals surface area contributed by atoms with Gasteiger partial charge in [-0.25, -0.2) is 0 Å². The second-order valence-electron chi connectivity index (χ2n) is 4.51. The van der Waals surface area contributed by atoms with Gasteiger partial charge in [0, 0.05) is 17.1 Å². The molecule has 1 aromatic rings. The zero-order chi connectivity index (χ0) is 11.9. The second-order valence-corrected chi connectivity index (χ2v) is 5.65. The van der Waals surface area contributed by atoms with Gasteiger partial charge < -0.3 is 10.6 Å². The van der Waals surface area contributed by atoms with Gasteiger partial charge in [-0.05, 0) is 68.8 Å². The predicted octanol–water partition coefficient (Wildman–Crippen LogP) is 3.14. The van der Waals surface area contributed by atoms with Gasteiger partial charge in [0.25, 0.3) is 0 Å². The standard InChI is InChI=1S/C14H22N2S/c1-15-8-2-3-9-16-13-6-7-14-12(11-13)5-4-10-17-14/h6-7,11,15-16H,2-5,8-10H2,1H3. The Labute approximate surface area is 109 Å². The van der Waals surface area contributed by atoms with Crippen LogP contribution in [0.5, 0.6) is 0 Å². The molecular weight excluding hydrogens is 228 g/mol. The van der Waals surface area contributed by atoms with E-state index < -0.39 is 0 Å². The Morgan fingerprint density at radius 2 is 2.12 bits per heavy atom. The van der Waals surface area contributed by atoms with E-state index in [9.17, 15) is 0 Å². The van der Waals surface area contributed by atoms with Crippen LogP contribution in [0.2, 0.25) is 0 Å². The lowest BCUT2D eigenvalue weighted by atomic mass is 10.1. The van der Waals surface area contributed by atoms with Gasteiger partial charge in [0.15, 0.2) is 0 Å². The molecule has 3 heteroatoms. The Morgan fingerprint density at radius 1 is 1.24 bits per heavy atom. The summed E-state index contributed by atoms with van der Waals surface area (Å²) in [6.45, 7) is 2.19. The molecule has 0 radical (unpaired) electrons. The van der Waals surface area contributed by atoms with Crippen LogP contribution in [0, 0.1) is 0 Å². The van der Waals surface area contributed by atoms with E-state index in [2.05, 4.69) is 28.8 Å². The quantitative estimate of drug-likeness (QED) is 0.759. The molecule has 0 aliphatic carbocycles. The van der Waals surface area contributed by atoms with Crippen molar-refractivity contribution in [2.24, 2.45) is 0 Å². The van der Waals surface area contributed by atoms with E-state index in [1.807, 2.05) is 18.8 Å². The summed E-state index contributed by atoms with van der Waals surface area (Å²) in [4.78, 5) is 1.48. The zero-order valence-electron chi connectivity index (χ0n) is 10.6. The van der Waals surface area contributed by atoms with Gasteiger partial charge in [0.05, 0.1) is 0 Å². The zero-order valence-corrected chi connectivity index (χ0v) is 11.4. The minimum Gasteiger partial charge on any atom is -0.385 e. The van der Waals surface area contributed by atoms with Crippen molar-refractivity contribution in [1.29, 1.82) is 0 Å². The number of hydrogen-bond donors (Lipinski definition) is 2. The first-order chi connectivity index (χ1) is 8.40. The van der Waals surface area contributed by atoms with E-state index in [-0.39, 0.29) is 0 Å². The van der Waals surface area contributed by atoms with Crippen LogP contribution < -0.4 is 10.6 Å². The van der Waals surface area contributed by atoms with Crippen molar-refractivity contribution in [3.05, 3.63) is 23.8 Å². The molecule has 1 aliphatic heterocycles. The van der Waals surface area contributed by atoms with E-state index >= 15 is 0 Å². The molecule has 94 valence electrons. The Bertz CT molecular complexity index is 352. The normalized spacial score (nSPS) is 14.4. The van der Waals surface area contributed by atoms with Crippen molar-refractivity contribution >= 4 is 17.4 Å². The third-order valence-corrected chi connectivity index (χ3v) is 4.29. The van der Waals surface area contributed by atoms with Crippen LogP contribution >= 0.6 is 11.8 Å². The summed E-state index contributed by atoms with van der Waals surface area (Å²) < 4.78 is 0. The minimum absolute atomic E-state index is 1.08. The summed E-state index contributed by atoms with van der Waals surface area (Å²) in [5.74, 6) is 1.28. The summed E-state index contributed by atoms with van der Waals surface area (Å²) in [5, 5.41) is 6.69. The van der Waals surface area contributed by atoms with E-state index in [0.717, 1.165) is 13.1 Å². The summed E-state index contributed by atoms with van der Waals surface area (Å²) in [6, 6.07) is 6.82. The molecular formula is C14H22N2S. The van der Waals surface area contributed by atoms with E-state index in [0.29, 0.717) is 0 Å². The number of benzene rings is 1. The third kappa shape index (κ3) is 3.93. The molecule has 0 amide bonds. The van der Waals surface area contributed by atoms with Crippen LogP contribution in [0.1, 0.15) is 24.8 Å². The van der Waals surface area contributed by atoms with E-state index in [1.54, 1.807) is 0 Å². The van der Waals surface area contributed by atoms with Crippen molar-refractivity contribution in [3.8, 4) is 0 Å². The topological polar surface area (TPSA) is 24.1 Å². The smallest absolute Gasteiger partial charge is 0.0343 e. The lowest BCUT2D eigenvalue weighted by Gasteiger charge is -2.16. The summed E-state index contributed by atoms with van der Waals surface area (Å²) >= 11 is 2.00. The lowest BCUT2D eigenvalue weighted by molar-refractivity contribution is 0.694. The molecule has 1 aromatic carbocycles. The van der Waals surface area contributed by atoms with Gasteiger partial charge in [-0.3, -0.25) is 0 Å². The number of nitrogens with one attached hydrogen (secondary N) is 2. The van der Waals surface area contributed by atoms with Crippen molar-refractivity contribution in [2.45, 2.75) is 30.6 Å². The molecule has 2 N–H and O–H groups in total. The molecule has 1 heterocycles. The predicted molar refractivity (Wildman–Crippen MR) is 77.1 cm³/mol. The van der Waals surface area contributed by atoms with Crippen LogP contribution in [0.4, 0.5) is 5.69 Å². The van der Waals surface area contributed by atoms with Crippen LogP contribution in [-0.2, 0) is 6.42 Å². The fraction of sp³-hybridized carbons (Fsp3) is 0.571. The monoisotopic (exact) mass is 250 g/mol. The number of hydrogen-bond acceptors (Lipinski definition) is 3. The number of thioether (sulfide) groups is 1. The van der Waals surface area contributed by atoms with Gasteiger partial charge >= 0.3 is 0 Å². The average molecular weight is 250 g/mol. The highest BCUT2D eigenvalue weighted by Crippen LogP contribution is 2.31. The second kappa shape index (κ2) is 6.92. The van der Waals surface area contributed by atoms with Crippen molar-refractivity contribution in [3.63, 3.8) is 0 Å². The lowest BCUT2D eigenvalue weighted by Crippen LogP contribution is -2.10. The van der Waals surface area contributed by atoms with Gasteiger partial charge in [0.2, 0.25) is 0 Å². The molecule has 0 bridgehead atoms. The Morgan fingerprint density at radius 3 is 3.00 bits per heavy atom. The maximum Gasteiger partial charge on any atom is 0.0343 e. The van der Waals surface area contributed by atoms with Crippen LogP contribution in [0.25, 0.3) is 0 Å². The van der Waals surface area contributed by atoms with E-state index in [1.165, 1.54) is 47.6 Å². The molecule has 2 rings (SSSR count). The molecule has 0 aromatic heterocycles. The average Bonchev–Trinajstić information content (AvgIpc) is 2.38. The first-order valence-electron chi connectivity index (χ1n) is 6.54. The largest absolute Gasteiger partial charge is 0.385 e. The molecule has 1 aliphatic rings. The number of anilines is 1. The fourth-order valence-electron chi connectivity index (χ4n) is 2.13. The Hall–Kier alpha value is -0.670. The molecule has 0 fully saturated rings. The molecule has 0 saturated heterocycles. The van der Waals surface area contributed by atoms with Crippen LogP contribution in [-0.4, -0.2) is 25.9 Å². The van der Waals surface area contributed by atoms with Crippen molar-refractivity contribution in [1.82, 2.24) is 5.32 Å². The van der Waals surface area contributed by atoms with Crippen LogP contribution in [0.15, 0.2) is 23.1 Å². The summed E-state index contributed by atoms with van der Waals surface area (Å²) in [5.41, 5.74) is 2.82. The number of unbranched alkanes of at least 4 members (excludes halogenated alkanes) is 1. The van der Waals surface area contributed by atoms with Gasteiger partial charge in [-0.15, -0.1) is 11.8 Å². The highest BCUT2D eigenvalue weighted by molar-refractivity contribution is 7.99. The summed E-state index contributed by atoms with van der Waals surface area (Å²) in [6.07, 6.45) is 5.04. The highest BCUT2D eigenvalue weighted by Gasteiger charge is 2.09. The minimum atomic E-state index is 1.08. The van der Waals surface area contributed by atoms with Crippen LogP contribution in [0.3, 0.4) is 0 Å². The van der Waals surface area contributed by atoms with Crippen molar-refractivity contribution in [2.75, 3.05) is 31.2 Å². The molecule has 0 unspecified atom stereocenters. The van der Waals surface area contributed by atoms with Crippen molar-refractivity contribution < 1.29 is 0 Å². The molecule has 17 heavy (non-hydrogen) atoms. The van der Waals surface area contributed by atoms with Gasteiger partial charge in [-0.2, -0.15) is 0 Å². The Balaban J connectivity index is 1.81. The first-order valence-corrected chi connectivity index (χ1v) is 7.53. The van der Waals surface area contributed by atoms with Gasteiger partial charge in [-0.1, -0.05) is 0 Å². The Kier molecular flexibility index (Phi) is 5.20. The SMILES string of the molecule is CNCCCCNc1ccc2c(c1)CCCS2. The maximum atomic E-state index is 3.52. The fourth-order valence-corrected chi connectivity index (χ4v) is 3.15. The number of rotatable bonds is 6. The first kappa shape index (κ1) is 12.8. The maximum absolute atomic E-state index is 3.52. The molecule has 2 nitrogen and oxygen atoms in total. The molecule has 0 saturated carbocycles. The van der Waals surface area contributed by atoms with Gasteiger partial charge in [0.1, 0.15) is 0 Å². The third-order valence-electron chi connectivity index (χ3n) is 3.09. The molecule has 0 atom stereocenters.